The molecule has 1 aromatic carbocycles. The van der Waals surface area contributed by atoms with Crippen LogP contribution in [-0.4, -0.2) is 51.9 Å². The number of rotatable bonds is 6. The van der Waals surface area contributed by atoms with Gasteiger partial charge in [-0.25, -0.2) is 9.97 Å². The number of aromatic nitrogens is 3. The molecule has 0 bridgehead atoms. The van der Waals surface area contributed by atoms with Crippen molar-refractivity contribution in [1.29, 1.82) is 0 Å². The van der Waals surface area contributed by atoms with E-state index in [-0.39, 0.29) is 5.91 Å². The van der Waals surface area contributed by atoms with Crippen molar-refractivity contribution in [3.8, 4) is 0 Å². The van der Waals surface area contributed by atoms with Crippen LogP contribution in [0.5, 0.6) is 0 Å². The van der Waals surface area contributed by atoms with Gasteiger partial charge in [-0.3, -0.25) is 4.79 Å². The Labute approximate surface area is 208 Å². The van der Waals surface area contributed by atoms with E-state index in [2.05, 4.69) is 54.0 Å². The fraction of sp³-hybridized carbons (Fsp3) is 0.417. The summed E-state index contributed by atoms with van der Waals surface area (Å²) in [6.45, 7) is 2.51. The molecule has 0 radical (unpaired) electrons. The first kappa shape index (κ1) is 23.0. The second kappa shape index (κ2) is 10.2. The van der Waals surface area contributed by atoms with Crippen LogP contribution in [-0.2, 0) is 12.8 Å². The van der Waals surface area contributed by atoms with Gasteiger partial charge in [-0.2, -0.15) is 4.98 Å². The summed E-state index contributed by atoms with van der Waals surface area (Å²) < 4.78 is 0. The molecule has 1 aliphatic carbocycles. The lowest BCUT2D eigenvalue weighted by Crippen LogP contribution is -2.32. The zero-order valence-electron chi connectivity index (χ0n) is 19.1. The lowest BCUT2D eigenvalue weighted by Gasteiger charge is -2.25. The van der Waals surface area contributed by atoms with Crippen molar-refractivity contribution in [3.63, 3.8) is 0 Å². The smallest absolute Gasteiger partial charge is 0.272 e. The average molecular weight is 498 g/mol. The highest BCUT2D eigenvalue weighted by molar-refractivity contribution is 7.14. The predicted octanol–water partition coefficient (Wildman–Crippen LogP) is 4.78. The summed E-state index contributed by atoms with van der Waals surface area (Å²) in [4.78, 5) is 27.7. The van der Waals surface area contributed by atoms with Gasteiger partial charge in [0.2, 0.25) is 5.95 Å². The first-order valence-electron chi connectivity index (χ1n) is 11.7. The highest BCUT2D eigenvalue weighted by atomic mass is 35.5. The van der Waals surface area contributed by atoms with Gasteiger partial charge in [-0.1, -0.05) is 17.7 Å². The van der Waals surface area contributed by atoms with Gasteiger partial charge >= 0.3 is 0 Å². The molecule has 178 valence electrons. The number of likely N-dealkylation sites (tertiary alicyclic amines) is 1. The van der Waals surface area contributed by atoms with E-state index in [1.807, 2.05) is 0 Å². The molecule has 1 aliphatic heterocycles. The summed E-state index contributed by atoms with van der Waals surface area (Å²) in [5, 5.41) is 9.95. The number of amides is 1. The molecule has 10 heteroatoms. The number of benzene rings is 1. The Morgan fingerprint density at radius 3 is 2.71 bits per heavy atom. The van der Waals surface area contributed by atoms with Crippen LogP contribution in [0.3, 0.4) is 0 Å². The summed E-state index contributed by atoms with van der Waals surface area (Å²) in [6, 6.07) is 7.24. The van der Waals surface area contributed by atoms with Gasteiger partial charge in [-0.15, -0.1) is 11.3 Å². The topological polar surface area (TPSA) is 95.1 Å². The molecule has 0 saturated carbocycles. The molecular weight excluding hydrogens is 470 g/mol. The second-order valence-electron chi connectivity index (χ2n) is 8.71. The Morgan fingerprint density at radius 1 is 1.12 bits per heavy atom. The molecule has 1 saturated heterocycles. The maximum atomic E-state index is 12.0. The molecule has 0 spiro atoms. The second-order valence-corrected chi connectivity index (χ2v) is 9.97. The monoisotopic (exact) mass is 497 g/mol. The summed E-state index contributed by atoms with van der Waals surface area (Å²) in [6.07, 6.45) is 8.90. The number of aryl methyl sites for hydroxylation is 2. The number of nitrogens with zero attached hydrogens (tertiary/aromatic N) is 4. The van der Waals surface area contributed by atoms with Crippen molar-refractivity contribution < 1.29 is 4.79 Å². The van der Waals surface area contributed by atoms with Crippen LogP contribution >= 0.6 is 22.9 Å². The molecule has 1 fully saturated rings. The predicted molar refractivity (Wildman–Crippen MR) is 137 cm³/mol. The largest absolute Gasteiger partial charge is 0.354 e. The SMILES string of the molecule is CNC(=O)c1ncsc1Nc1nc(Nc2ccc3c(c2)CC[C@@H](N2CCCC2)CC3)ncc1Cl. The maximum Gasteiger partial charge on any atom is 0.272 e. The molecule has 3 aromatic rings. The van der Waals surface area contributed by atoms with Crippen LogP contribution < -0.4 is 16.0 Å². The number of nitrogens with one attached hydrogen (secondary N) is 3. The first-order chi connectivity index (χ1) is 16.6. The average Bonchev–Trinajstić information content (AvgIpc) is 3.50. The number of hydrogen-bond donors (Lipinski definition) is 3. The van der Waals surface area contributed by atoms with Crippen molar-refractivity contribution in [3.05, 3.63) is 51.7 Å². The van der Waals surface area contributed by atoms with Crippen molar-refractivity contribution in [2.24, 2.45) is 0 Å². The minimum absolute atomic E-state index is 0.274. The molecule has 2 aromatic heterocycles. The van der Waals surface area contributed by atoms with Crippen molar-refractivity contribution in [2.45, 2.75) is 44.6 Å². The van der Waals surface area contributed by atoms with Crippen LogP contribution in [0, 0.1) is 0 Å². The van der Waals surface area contributed by atoms with Gasteiger partial charge in [0.1, 0.15) is 10.0 Å². The van der Waals surface area contributed by atoms with E-state index >= 15 is 0 Å². The van der Waals surface area contributed by atoms with Gasteiger partial charge < -0.3 is 20.9 Å². The standard InChI is InChI=1S/C24H28ClN7OS/c1-26-22(33)20-23(34-14-28-20)30-21-19(25)13-27-24(31-21)29-17-7-4-15-5-8-18(9-6-16(15)12-17)32-10-2-3-11-32/h4,7,12-14,18H,2-3,5-6,8-11H2,1H3,(H,26,33)(H2,27,29,30,31)/t18-/m0/s1. The van der Waals surface area contributed by atoms with Gasteiger partial charge in [-0.05, 0) is 74.9 Å². The summed E-state index contributed by atoms with van der Waals surface area (Å²) in [7, 11) is 1.57. The Kier molecular flexibility index (Phi) is 6.94. The summed E-state index contributed by atoms with van der Waals surface area (Å²) in [5.74, 6) is 0.572. The molecule has 2 aliphatic rings. The van der Waals surface area contributed by atoms with Crippen LogP contribution in [0.4, 0.5) is 22.5 Å². The molecule has 1 atom stereocenters. The third-order valence-corrected chi connectivity index (χ3v) is 7.62. The lowest BCUT2D eigenvalue weighted by molar-refractivity contribution is 0.0959. The quantitative estimate of drug-likeness (QED) is 0.422. The number of thiazole rings is 1. The van der Waals surface area contributed by atoms with E-state index < -0.39 is 0 Å². The zero-order chi connectivity index (χ0) is 23.5. The molecule has 8 nitrogen and oxygen atoms in total. The number of hydrogen-bond acceptors (Lipinski definition) is 8. The number of anilines is 4. The molecule has 0 unspecified atom stereocenters. The molecule has 3 heterocycles. The van der Waals surface area contributed by atoms with E-state index in [9.17, 15) is 4.79 Å². The first-order valence-corrected chi connectivity index (χ1v) is 12.9. The molecule has 34 heavy (non-hydrogen) atoms. The number of fused-ring (bicyclic) bond motifs is 1. The molecule has 1 amide bonds. The zero-order valence-corrected chi connectivity index (χ0v) is 20.7. The Hall–Kier alpha value is -2.75. The van der Waals surface area contributed by atoms with Crippen molar-refractivity contribution in [1.82, 2.24) is 25.2 Å². The maximum absolute atomic E-state index is 12.0. The number of halogens is 1. The van der Waals surface area contributed by atoms with Gasteiger partial charge in [0.05, 0.1) is 11.7 Å². The summed E-state index contributed by atoms with van der Waals surface area (Å²) in [5.41, 5.74) is 5.70. The minimum atomic E-state index is -0.274. The summed E-state index contributed by atoms with van der Waals surface area (Å²) >= 11 is 7.63. The molecule has 3 N–H and O–H groups in total. The van der Waals surface area contributed by atoms with Gasteiger partial charge in [0.15, 0.2) is 11.5 Å². The van der Waals surface area contributed by atoms with Gasteiger partial charge in [0.25, 0.3) is 5.91 Å². The Balaban J connectivity index is 1.30. The fourth-order valence-corrected chi connectivity index (χ4v) is 5.62. The Morgan fingerprint density at radius 2 is 1.91 bits per heavy atom. The van der Waals surface area contributed by atoms with Gasteiger partial charge in [0, 0.05) is 18.8 Å². The third kappa shape index (κ3) is 5.01. The normalized spacial score (nSPS) is 18.2. The highest BCUT2D eigenvalue weighted by Gasteiger charge is 2.24. The van der Waals surface area contributed by atoms with Crippen molar-refractivity contribution in [2.75, 3.05) is 30.8 Å². The Bertz CT molecular complexity index is 1180. The minimum Gasteiger partial charge on any atom is -0.354 e. The van der Waals surface area contributed by atoms with E-state index in [0.717, 1.165) is 18.5 Å². The van der Waals surface area contributed by atoms with E-state index in [4.69, 9.17) is 11.6 Å². The van der Waals surface area contributed by atoms with E-state index in [1.165, 1.54) is 61.2 Å². The number of carbonyl (C=O) groups is 1. The van der Waals surface area contributed by atoms with Crippen LogP contribution in [0.1, 0.15) is 47.3 Å². The van der Waals surface area contributed by atoms with Crippen molar-refractivity contribution >= 4 is 51.3 Å². The van der Waals surface area contributed by atoms with Crippen LogP contribution in [0.15, 0.2) is 29.9 Å². The van der Waals surface area contributed by atoms with Crippen LogP contribution in [0.25, 0.3) is 0 Å². The third-order valence-electron chi connectivity index (χ3n) is 6.60. The lowest BCUT2D eigenvalue weighted by atomic mass is 10.0. The van der Waals surface area contributed by atoms with E-state index in [0.29, 0.717) is 33.5 Å². The number of carbonyl (C=O) groups excluding carboxylic acids is 1. The van der Waals surface area contributed by atoms with Crippen LogP contribution in [0.2, 0.25) is 5.02 Å². The molecule has 5 rings (SSSR count). The highest BCUT2D eigenvalue weighted by Crippen LogP contribution is 2.31. The fourth-order valence-electron chi connectivity index (χ4n) is 4.81. The van der Waals surface area contributed by atoms with E-state index in [1.54, 1.807) is 18.8 Å². The molecular formula is C24H28ClN7OS.